The molecule has 1 aromatic carbocycles. The van der Waals surface area contributed by atoms with Gasteiger partial charge in [-0.3, -0.25) is 4.68 Å². The van der Waals surface area contributed by atoms with Gasteiger partial charge < -0.3 is 14.6 Å². The van der Waals surface area contributed by atoms with Gasteiger partial charge in [0.25, 0.3) is 0 Å². The molecule has 0 saturated carbocycles. The van der Waals surface area contributed by atoms with Gasteiger partial charge in [0.05, 0.1) is 15.5 Å². The van der Waals surface area contributed by atoms with E-state index in [1.807, 2.05) is 0 Å². The molecule has 1 heterocycles. The number of carbonyl (C=O) groups excluding carboxylic acids is 1. The van der Waals surface area contributed by atoms with Gasteiger partial charge in [0, 0.05) is 11.8 Å². The summed E-state index contributed by atoms with van der Waals surface area (Å²) in [4.78, 5) is 11.3. The molecule has 2 atom stereocenters. The van der Waals surface area contributed by atoms with Gasteiger partial charge in [0.1, 0.15) is 18.9 Å². The topological polar surface area (TPSA) is 73.6 Å². The number of alkyl halides is 4. The number of ether oxygens (including phenoxy) is 2. The van der Waals surface area contributed by atoms with Crippen LogP contribution in [0.2, 0.25) is 0 Å². The second-order valence-corrected chi connectivity index (χ2v) is 5.10. The van der Waals surface area contributed by atoms with Crippen LogP contribution in [-0.2, 0) is 22.6 Å². The summed E-state index contributed by atoms with van der Waals surface area (Å²) >= 11 is 0. The summed E-state index contributed by atoms with van der Waals surface area (Å²) < 4.78 is 78.1. The van der Waals surface area contributed by atoms with E-state index in [1.54, 1.807) is 0 Å². The van der Waals surface area contributed by atoms with E-state index in [2.05, 4.69) is 9.84 Å². The van der Waals surface area contributed by atoms with E-state index < -0.39 is 49.0 Å². The van der Waals surface area contributed by atoms with Crippen LogP contribution in [0.25, 0.3) is 0 Å². The number of rotatable bonds is 7. The van der Waals surface area contributed by atoms with Gasteiger partial charge in [0.15, 0.2) is 12.3 Å². The third kappa shape index (κ3) is 4.94. The van der Waals surface area contributed by atoms with Crippen LogP contribution < -0.4 is 4.74 Å². The van der Waals surface area contributed by atoms with Crippen molar-refractivity contribution in [1.29, 1.82) is 0 Å². The van der Waals surface area contributed by atoms with Crippen LogP contribution in [0.1, 0.15) is 20.2 Å². The molecule has 0 radical (unpaired) electrons. The number of nitrogens with zero attached hydrogens (tertiary/aromatic N) is 2. The molecular formula is C16H16F4N2O4. The van der Waals surface area contributed by atoms with Crippen LogP contribution in [0.4, 0.5) is 17.6 Å². The van der Waals surface area contributed by atoms with Gasteiger partial charge in [-0.05, 0) is 12.1 Å². The van der Waals surface area contributed by atoms with Crippen molar-refractivity contribution in [2.45, 2.75) is 31.6 Å². The molecule has 2 aromatic rings. The number of methoxy groups -OCH3 is 1. The second-order valence-electron chi connectivity index (χ2n) is 5.10. The summed E-state index contributed by atoms with van der Waals surface area (Å²) in [5, 5.41) is 13.1. The molecule has 26 heavy (non-hydrogen) atoms. The second kappa shape index (κ2) is 8.17. The fraction of sp³-hybridized carbons (Fsp3) is 0.375. The van der Waals surface area contributed by atoms with E-state index in [0.29, 0.717) is 4.68 Å². The number of para-hydroxylation sites is 1. The van der Waals surface area contributed by atoms with E-state index in [1.165, 1.54) is 12.1 Å². The minimum absolute atomic E-state index is 0.374. The van der Waals surface area contributed by atoms with Gasteiger partial charge in [-0.1, -0.05) is 18.2 Å². The number of esters is 1. The number of aliphatic hydroxyl groups excluding tert-OH is 1. The molecule has 0 aliphatic carbocycles. The lowest BCUT2D eigenvalue weighted by Crippen LogP contribution is -2.27. The molecule has 142 valence electrons. The number of hydrogen-bond acceptors (Lipinski definition) is 5. The zero-order valence-electron chi connectivity index (χ0n) is 15.4. The first-order valence-corrected chi connectivity index (χ1v) is 7.23. The predicted octanol–water partition coefficient (Wildman–Crippen LogP) is 2.57. The Morgan fingerprint density at radius 1 is 1.38 bits per heavy atom. The molecule has 0 fully saturated rings. The van der Waals surface area contributed by atoms with E-state index >= 15 is 0 Å². The van der Waals surface area contributed by atoms with Crippen LogP contribution in [0, 0.1) is 0 Å². The van der Waals surface area contributed by atoms with Gasteiger partial charge in [-0.15, -0.1) is 0 Å². The molecule has 0 amide bonds. The lowest BCUT2D eigenvalue weighted by molar-refractivity contribution is -0.154. The molecule has 0 bridgehead atoms. The van der Waals surface area contributed by atoms with Crippen LogP contribution >= 0.6 is 0 Å². The molecular weight excluding hydrogens is 360 g/mol. The minimum atomic E-state index is -4.65. The quantitative estimate of drug-likeness (QED) is 0.592. The highest BCUT2D eigenvalue weighted by Gasteiger charge is 2.31. The van der Waals surface area contributed by atoms with Crippen molar-refractivity contribution < 1.29 is 39.7 Å². The van der Waals surface area contributed by atoms with E-state index in [9.17, 15) is 27.5 Å². The maximum atomic E-state index is 14.5. The smallest absolute Gasteiger partial charge is 0.408 e. The number of halogens is 4. The van der Waals surface area contributed by atoms with Gasteiger partial charge in [-0.2, -0.15) is 18.3 Å². The van der Waals surface area contributed by atoms with Crippen LogP contribution in [-0.4, -0.2) is 40.2 Å². The molecule has 0 saturated heterocycles. The highest BCUT2D eigenvalue weighted by Crippen LogP contribution is 2.31. The first-order chi connectivity index (χ1) is 13.0. The molecule has 1 N–H and O–H groups in total. The Balaban J connectivity index is 2.33. The van der Waals surface area contributed by atoms with Crippen LogP contribution in [0.3, 0.4) is 0 Å². The standard InChI is InChI=1S/C16H16F4N2O4/c1-25-15(24)14(23)13(17)11-4-2-3-5-12(11)26-8-10-6-7-21-22(10)9-16(18,19)20/h2-7,13-14,23H,8-9H2,1H3/t13?,14-/m1/s1/i8D2. The van der Waals surface area contributed by atoms with E-state index in [4.69, 9.17) is 7.48 Å². The number of benzene rings is 1. The summed E-state index contributed by atoms with van der Waals surface area (Å²) in [6, 6.07) is 5.98. The first-order valence-electron chi connectivity index (χ1n) is 8.23. The van der Waals surface area contributed by atoms with Crippen LogP contribution in [0.5, 0.6) is 5.75 Å². The number of hydrogen-bond donors (Lipinski definition) is 1. The first kappa shape index (κ1) is 16.8. The molecule has 2 rings (SSSR count). The number of aliphatic hydroxyl groups is 1. The summed E-state index contributed by atoms with van der Waals surface area (Å²) in [7, 11) is 0.946. The predicted molar refractivity (Wildman–Crippen MR) is 80.9 cm³/mol. The average molecular weight is 378 g/mol. The zero-order valence-corrected chi connectivity index (χ0v) is 13.4. The largest absolute Gasteiger partial charge is 0.487 e. The third-order valence-electron chi connectivity index (χ3n) is 3.25. The normalized spacial score (nSPS) is 15.6. The summed E-state index contributed by atoms with van der Waals surface area (Å²) in [6.07, 6.45) is -8.20. The molecule has 1 aromatic heterocycles. The average Bonchev–Trinajstić information content (AvgIpc) is 3.07. The van der Waals surface area contributed by atoms with Crippen molar-refractivity contribution in [3.8, 4) is 5.75 Å². The van der Waals surface area contributed by atoms with E-state index in [-0.39, 0.29) is 5.56 Å². The van der Waals surface area contributed by atoms with Crippen molar-refractivity contribution in [1.82, 2.24) is 9.78 Å². The van der Waals surface area contributed by atoms with Gasteiger partial charge >= 0.3 is 12.1 Å². The van der Waals surface area contributed by atoms with Crippen molar-refractivity contribution in [2.75, 3.05) is 7.11 Å². The minimum Gasteiger partial charge on any atom is -0.487 e. The lowest BCUT2D eigenvalue weighted by atomic mass is 10.0. The fourth-order valence-corrected chi connectivity index (χ4v) is 2.03. The maximum absolute atomic E-state index is 14.5. The highest BCUT2D eigenvalue weighted by atomic mass is 19.4. The Labute approximate surface area is 148 Å². The van der Waals surface area contributed by atoms with E-state index in [0.717, 1.165) is 31.5 Å². The molecule has 0 aliphatic heterocycles. The fourth-order valence-electron chi connectivity index (χ4n) is 2.03. The number of carbonyl (C=O) groups is 1. The molecule has 0 spiro atoms. The Kier molecular flexibility index (Phi) is 5.29. The van der Waals surface area contributed by atoms with Crippen molar-refractivity contribution in [2.24, 2.45) is 0 Å². The Bertz CT molecular complexity index is 829. The van der Waals surface area contributed by atoms with Gasteiger partial charge in [-0.25, -0.2) is 9.18 Å². The molecule has 1 unspecified atom stereocenters. The Morgan fingerprint density at radius 2 is 2.08 bits per heavy atom. The van der Waals surface area contributed by atoms with Gasteiger partial charge in [0.2, 0.25) is 0 Å². The summed E-state index contributed by atoms with van der Waals surface area (Å²) in [5.74, 6) is -1.67. The third-order valence-corrected chi connectivity index (χ3v) is 3.25. The highest BCUT2D eigenvalue weighted by molar-refractivity contribution is 5.75. The SMILES string of the molecule is [2H]C([2H])(Oc1ccccc1C(F)[C@@H](O)C(=O)OC)c1ccnn1CC(F)(F)F. The molecule has 10 heteroatoms. The number of aromatic nitrogens is 2. The Hall–Kier alpha value is -2.62. The monoisotopic (exact) mass is 378 g/mol. The Morgan fingerprint density at radius 3 is 2.73 bits per heavy atom. The van der Waals surface area contributed by atoms with Crippen molar-refractivity contribution in [3.63, 3.8) is 0 Å². The lowest BCUT2D eigenvalue weighted by Gasteiger charge is -2.18. The van der Waals surface area contributed by atoms with Crippen LogP contribution in [0.15, 0.2) is 36.5 Å². The molecule has 6 nitrogen and oxygen atoms in total. The van der Waals surface area contributed by atoms with Crippen molar-refractivity contribution in [3.05, 3.63) is 47.8 Å². The van der Waals surface area contributed by atoms with Crippen molar-refractivity contribution >= 4 is 5.97 Å². The maximum Gasteiger partial charge on any atom is 0.408 e. The summed E-state index contributed by atoms with van der Waals surface area (Å²) in [5.41, 5.74) is -0.935. The zero-order chi connectivity index (χ0) is 21.1. The summed E-state index contributed by atoms with van der Waals surface area (Å²) in [6.45, 7) is -4.37. The molecule has 0 aliphatic rings.